The molecule has 1 rings (SSSR count). The Morgan fingerprint density at radius 1 is 1.26 bits per heavy atom. The van der Waals surface area contributed by atoms with Gasteiger partial charge in [0.05, 0.1) is 11.4 Å². The third-order valence-corrected chi connectivity index (χ3v) is 4.27. The monoisotopic (exact) mass is 343 g/mol. The van der Waals surface area contributed by atoms with Crippen molar-refractivity contribution >= 4 is 33.4 Å². The molecule has 0 atom stereocenters. The van der Waals surface area contributed by atoms with Crippen molar-refractivity contribution in [3.63, 3.8) is 0 Å². The fraction of sp³-hybridized carbons (Fsp3) is 0.429. The maximum atomic E-state index is 11.6. The van der Waals surface area contributed by atoms with Crippen LogP contribution >= 0.6 is 0 Å². The van der Waals surface area contributed by atoms with Crippen LogP contribution in [0, 0.1) is 6.92 Å². The number of rotatable bonds is 8. The number of aryl methyl sites for hydroxylation is 1. The highest BCUT2D eigenvalue weighted by atomic mass is 32.2. The number of nitrogens with one attached hydrogen (secondary N) is 3. The fourth-order valence-corrected chi connectivity index (χ4v) is 2.42. The molecule has 23 heavy (non-hydrogen) atoms. The smallest absolute Gasteiger partial charge is 0.319 e. The second-order valence-electron chi connectivity index (χ2n) is 4.91. The van der Waals surface area contributed by atoms with Gasteiger partial charge in [0.1, 0.15) is 0 Å². The molecular weight excluding hydrogens is 322 g/mol. The first kappa shape index (κ1) is 18.8. The topological polar surface area (TPSA) is 125 Å². The van der Waals surface area contributed by atoms with Gasteiger partial charge in [-0.3, -0.25) is 9.52 Å². The molecule has 0 heterocycles. The zero-order valence-electron chi connectivity index (χ0n) is 13.0. The predicted octanol–water partition coefficient (Wildman–Crippen LogP) is 1.74. The van der Waals surface area contributed by atoms with Crippen molar-refractivity contribution in [3.8, 4) is 0 Å². The maximum absolute atomic E-state index is 11.6. The van der Waals surface area contributed by atoms with E-state index in [-0.39, 0.29) is 18.7 Å². The van der Waals surface area contributed by atoms with Crippen LogP contribution in [0.3, 0.4) is 0 Å². The van der Waals surface area contributed by atoms with E-state index in [0.717, 1.165) is 0 Å². The van der Waals surface area contributed by atoms with E-state index in [1.54, 1.807) is 32.0 Å². The Labute approximate surface area is 135 Å². The van der Waals surface area contributed by atoms with Gasteiger partial charge in [-0.2, -0.15) is 0 Å². The third-order valence-electron chi connectivity index (χ3n) is 2.98. The normalized spacial score (nSPS) is 10.9. The number of carboxylic acid groups (broad SMARTS) is 1. The van der Waals surface area contributed by atoms with Gasteiger partial charge < -0.3 is 15.7 Å². The van der Waals surface area contributed by atoms with Gasteiger partial charge in [0.2, 0.25) is 10.0 Å². The quantitative estimate of drug-likeness (QED) is 0.535. The second-order valence-corrected chi connectivity index (χ2v) is 6.92. The van der Waals surface area contributed by atoms with Crippen LogP contribution in [0.1, 0.15) is 25.3 Å². The average molecular weight is 343 g/mol. The van der Waals surface area contributed by atoms with Crippen LogP contribution in [0.15, 0.2) is 18.2 Å². The van der Waals surface area contributed by atoms with E-state index in [4.69, 9.17) is 5.11 Å². The molecule has 1 aromatic carbocycles. The number of aliphatic carboxylic acids is 1. The Morgan fingerprint density at radius 2 is 1.96 bits per heavy atom. The number of carboxylic acids is 1. The number of anilines is 2. The summed E-state index contributed by atoms with van der Waals surface area (Å²) >= 11 is 0. The van der Waals surface area contributed by atoms with E-state index in [1.165, 1.54) is 0 Å². The first-order valence-electron chi connectivity index (χ1n) is 7.11. The zero-order valence-corrected chi connectivity index (χ0v) is 13.9. The lowest BCUT2D eigenvalue weighted by atomic mass is 10.2. The minimum atomic E-state index is -3.35. The molecule has 4 N–H and O–H groups in total. The minimum absolute atomic E-state index is 0.00828. The van der Waals surface area contributed by atoms with Gasteiger partial charge in [0, 0.05) is 18.7 Å². The number of carbonyl (C=O) groups excluding carboxylic acids is 1. The van der Waals surface area contributed by atoms with E-state index in [9.17, 15) is 18.0 Å². The average Bonchev–Trinajstić information content (AvgIpc) is 2.46. The molecule has 0 saturated carbocycles. The number of sulfonamides is 1. The molecule has 0 aliphatic heterocycles. The van der Waals surface area contributed by atoms with Crippen molar-refractivity contribution in [2.24, 2.45) is 0 Å². The summed E-state index contributed by atoms with van der Waals surface area (Å²) in [5.41, 5.74) is 1.64. The van der Waals surface area contributed by atoms with E-state index in [1.807, 2.05) is 0 Å². The number of carbonyl (C=O) groups is 2. The molecule has 0 unspecified atom stereocenters. The van der Waals surface area contributed by atoms with E-state index >= 15 is 0 Å². The molecule has 9 heteroatoms. The number of urea groups is 1. The molecule has 0 fully saturated rings. The van der Waals surface area contributed by atoms with Crippen molar-refractivity contribution in [1.29, 1.82) is 0 Å². The van der Waals surface area contributed by atoms with Crippen LogP contribution in [0.2, 0.25) is 0 Å². The zero-order chi connectivity index (χ0) is 17.5. The van der Waals surface area contributed by atoms with Crippen molar-refractivity contribution in [1.82, 2.24) is 5.32 Å². The van der Waals surface area contributed by atoms with Crippen molar-refractivity contribution < 1.29 is 23.1 Å². The molecule has 8 nitrogen and oxygen atoms in total. The number of hydrogen-bond donors (Lipinski definition) is 4. The lowest BCUT2D eigenvalue weighted by molar-refractivity contribution is -0.137. The van der Waals surface area contributed by atoms with Gasteiger partial charge in [-0.05, 0) is 44.0 Å². The van der Waals surface area contributed by atoms with E-state index < -0.39 is 22.0 Å². The lowest BCUT2D eigenvalue weighted by Crippen LogP contribution is -2.29. The van der Waals surface area contributed by atoms with Crippen LogP contribution in [0.5, 0.6) is 0 Å². The van der Waals surface area contributed by atoms with Crippen LogP contribution in [0.25, 0.3) is 0 Å². The number of hydrogen-bond acceptors (Lipinski definition) is 4. The van der Waals surface area contributed by atoms with Crippen molar-refractivity contribution in [2.45, 2.75) is 26.7 Å². The predicted molar refractivity (Wildman–Crippen MR) is 88.2 cm³/mol. The molecule has 128 valence electrons. The molecule has 0 bridgehead atoms. The van der Waals surface area contributed by atoms with Gasteiger partial charge in [-0.15, -0.1) is 0 Å². The summed E-state index contributed by atoms with van der Waals surface area (Å²) in [6.45, 7) is 3.53. The van der Waals surface area contributed by atoms with Gasteiger partial charge >= 0.3 is 12.0 Å². The van der Waals surface area contributed by atoms with Crippen molar-refractivity contribution in [3.05, 3.63) is 23.8 Å². The summed E-state index contributed by atoms with van der Waals surface area (Å²) < 4.78 is 25.5. The first-order chi connectivity index (χ1) is 10.7. The third kappa shape index (κ3) is 7.00. The Kier molecular flexibility index (Phi) is 6.83. The Hall–Kier alpha value is -2.29. The molecule has 0 saturated heterocycles. The second kappa shape index (κ2) is 8.37. The van der Waals surface area contributed by atoms with E-state index in [2.05, 4.69) is 15.4 Å². The van der Waals surface area contributed by atoms with Crippen molar-refractivity contribution in [2.75, 3.05) is 22.3 Å². The molecule has 1 aromatic rings. The van der Waals surface area contributed by atoms with Gasteiger partial charge in [-0.25, -0.2) is 13.2 Å². The van der Waals surface area contributed by atoms with Crippen LogP contribution in [-0.2, 0) is 14.8 Å². The molecule has 0 aliphatic carbocycles. The highest BCUT2D eigenvalue weighted by Crippen LogP contribution is 2.20. The number of benzene rings is 1. The lowest BCUT2D eigenvalue weighted by Gasteiger charge is -2.12. The van der Waals surface area contributed by atoms with Gasteiger partial charge in [0.25, 0.3) is 0 Å². The molecule has 0 aliphatic rings. The SMILES string of the molecule is CCS(=O)(=O)Nc1ccc(NC(=O)NCCCC(=O)O)cc1C. The molecule has 0 spiro atoms. The molecular formula is C14H21N3O5S. The highest BCUT2D eigenvalue weighted by Gasteiger charge is 2.10. The van der Waals surface area contributed by atoms with Crippen LogP contribution in [-0.4, -0.2) is 37.8 Å². The van der Waals surface area contributed by atoms with Gasteiger partial charge in [-0.1, -0.05) is 0 Å². The molecule has 2 amide bonds. The summed E-state index contributed by atoms with van der Waals surface area (Å²) in [7, 11) is -3.35. The molecule has 0 radical (unpaired) electrons. The van der Waals surface area contributed by atoms with Crippen LogP contribution < -0.4 is 15.4 Å². The maximum Gasteiger partial charge on any atom is 0.319 e. The van der Waals surface area contributed by atoms with Gasteiger partial charge in [0.15, 0.2) is 0 Å². The summed E-state index contributed by atoms with van der Waals surface area (Å²) in [4.78, 5) is 22.0. The standard InChI is InChI=1S/C14H21N3O5S/c1-3-23(21,22)17-12-7-6-11(9-10(12)2)16-14(20)15-8-4-5-13(18)19/h6-7,9,17H,3-5,8H2,1-2H3,(H,18,19)(H2,15,16,20). The minimum Gasteiger partial charge on any atom is -0.481 e. The summed E-state index contributed by atoms with van der Waals surface area (Å²) in [5.74, 6) is -0.932. The Balaban J connectivity index is 2.57. The van der Waals surface area contributed by atoms with Crippen LogP contribution in [0.4, 0.5) is 16.2 Å². The Morgan fingerprint density at radius 3 is 2.52 bits per heavy atom. The largest absolute Gasteiger partial charge is 0.481 e. The number of amides is 2. The summed E-state index contributed by atoms with van der Waals surface area (Å²) in [6, 6.07) is 4.35. The molecule has 0 aromatic heterocycles. The summed E-state index contributed by atoms with van der Waals surface area (Å²) in [6.07, 6.45) is 0.338. The fourth-order valence-electron chi connectivity index (χ4n) is 1.71. The highest BCUT2D eigenvalue weighted by molar-refractivity contribution is 7.92. The Bertz CT molecular complexity index is 673. The first-order valence-corrected chi connectivity index (χ1v) is 8.76. The summed E-state index contributed by atoms with van der Waals surface area (Å²) in [5, 5.41) is 13.6. The van der Waals surface area contributed by atoms with E-state index in [0.29, 0.717) is 23.4 Å².